The first-order valence-electron chi connectivity index (χ1n) is 9.51. The number of hydrogen-bond acceptors (Lipinski definition) is 4. The van der Waals surface area contributed by atoms with Crippen molar-refractivity contribution in [3.8, 4) is 0 Å². The van der Waals surface area contributed by atoms with Crippen LogP contribution < -0.4 is 15.5 Å². The number of likely N-dealkylation sites (N-methyl/N-ethyl adjacent to an activating group) is 1. The average Bonchev–Trinajstić information content (AvgIpc) is 3.03. The van der Waals surface area contributed by atoms with E-state index in [2.05, 4.69) is 27.5 Å². The van der Waals surface area contributed by atoms with Crippen molar-refractivity contribution in [2.45, 2.75) is 31.8 Å². The summed E-state index contributed by atoms with van der Waals surface area (Å²) in [5, 5.41) is 5.50. The molecule has 2 fully saturated rings. The van der Waals surface area contributed by atoms with Crippen LogP contribution in [0.2, 0.25) is 0 Å². The van der Waals surface area contributed by atoms with Gasteiger partial charge >= 0.3 is 6.03 Å². The number of nitrogens with zero attached hydrogens (tertiary/aromatic N) is 2. The fourth-order valence-corrected chi connectivity index (χ4v) is 3.52. The van der Waals surface area contributed by atoms with Gasteiger partial charge in [0.25, 0.3) is 0 Å². The van der Waals surface area contributed by atoms with Crippen LogP contribution in [0.15, 0.2) is 18.2 Å². The standard InChI is InChI=1S/C19H29FN4O2/c1-23-9-3-10-24(12-11-23)18-6-5-15(14-17(18)20)22-19(25)21-8-7-16-4-2-13-26-16/h5-6,14,16H,2-4,7-13H2,1H3,(H2,21,22,25)/t16-/m1/s1. The quantitative estimate of drug-likeness (QED) is 0.843. The molecule has 1 aromatic carbocycles. The molecule has 6 nitrogen and oxygen atoms in total. The Hall–Kier alpha value is -1.86. The van der Waals surface area contributed by atoms with Crippen molar-refractivity contribution < 1.29 is 13.9 Å². The van der Waals surface area contributed by atoms with Gasteiger partial charge in [-0.1, -0.05) is 0 Å². The minimum absolute atomic E-state index is 0.250. The Kier molecular flexibility index (Phi) is 6.68. The van der Waals surface area contributed by atoms with Crippen molar-refractivity contribution in [3.05, 3.63) is 24.0 Å². The van der Waals surface area contributed by atoms with Crippen molar-refractivity contribution in [1.29, 1.82) is 0 Å². The van der Waals surface area contributed by atoms with Gasteiger partial charge in [-0.2, -0.15) is 0 Å². The Balaban J connectivity index is 1.49. The van der Waals surface area contributed by atoms with Crippen LogP contribution in [0.4, 0.5) is 20.6 Å². The lowest BCUT2D eigenvalue weighted by Gasteiger charge is -2.23. The molecule has 0 bridgehead atoms. The minimum atomic E-state index is -0.313. The molecule has 2 saturated heterocycles. The zero-order valence-corrected chi connectivity index (χ0v) is 15.5. The van der Waals surface area contributed by atoms with Crippen molar-refractivity contribution in [3.63, 3.8) is 0 Å². The van der Waals surface area contributed by atoms with Gasteiger partial charge in [0, 0.05) is 38.5 Å². The summed E-state index contributed by atoms with van der Waals surface area (Å²) >= 11 is 0. The molecule has 2 heterocycles. The lowest BCUT2D eigenvalue weighted by atomic mass is 10.2. The maximum atomic E-state index is 14.5. The first-order chi connectivity index (χ1) is 12.6. The molecule has 1 atom stereocenters. The topological polar surface area (TPSA) is 56.8 Å². The Bertz CT molecular complexity index is 607. The van der Waals surface area contributed by atoms with Crippen LogP contribution in [-0.2, 0) is 4.74 Å². The highest BCUT2D eigenvalue weighted by atomic mass is 19.1. The second-order valence-corrected chi connectivity index (χ2v) is 7.11. The number of anilines is 2. The number of amides is 2. The predicted octanol–water partition coefficient (Wildman–Crippen LogP) is 2.66. The summed E-state index contributed by atoms with van der Waals surface area (Å²) in [6, 6.07) is 4.59. The SMILES string of the molecule is CN1CCCN(c2ccc(NC(=O)NCC[C@H]3CCCO3)cc2F)CC1. The van der Waals surface area contributed by atoms with E-state index in [1.54, 1.807) is 12.1 Å². The largest absolute Gasteiger partial charge is 0.378 e. The smallest absolute Gasteiger partial charge is 0.319 e. The molecule has 0 unspecified atom stereocenters. The van der Waals surface area contributed by atoms with Crippen LogP contribution in [0.25, 0.3) is 0 Å². The molecule has 0 saturated carbocycles. The third-order valence-electron chi connectivity index (χ3n) is 5.04. The molecular weight excluding hydrogens is 335 g/mol. The third kappa shape index (κ3) is 5.32. The monoisotopic (exact) mass is 364 g/mol. The zero-order chi connectivity index (χ0) is 18.4. The number of carbonyl (C=O) groups is 1. The van der Waals surface area contributed by atoms with Crippen molar-refractivity contribution in [2.75, 3.05) is 56.6 Å². The molecule has 2 amide bonds. The molecular formula is C19H29FN4O2. The molecule has 0 radical (unpaired) electrons. The number of nitrogens with one attached hydrogen (secondary N) is 2. The molecule has 3 rings (SSSR count). The van der Waals surface area contributed by atoms with Crippen molar-refractivity contribution >= 4 is 17.4 Å². The summed E-state index contributed by atoms with van der Waals surface area (Å²) in [6.45, 7) is 4.98. The predicted molar refractivity (Wildman–Crippen MR) is 101 cm³/mol. The van der Waals surface area contributed by atoms with Gasteiger partial charge in [-0.15, -0.1) is 0 Å². The summed E-state index contributed by atoms with van der Waals surface area (Å²) in [4.78, 5) is 16.3. The molecule has 7 heteroatoms. The Morgan fingerprint density at radius 1 is 1.27 bits per heavy atom. The maximum absolute atomic E-state index is 14.5. The van der Waals surface area contributed by atoms with Crippen molar-refractivity contribution in [1.82, 2.24) is 10.2 Å². The molecule has 0 spiro atoms. The fraction of sp³-hybridized carbons (Fsp3) is 0.632. The van der Waals surface area contributed by atoms with Gasteiger partial charge in [0.2, 0.25) is 0 Å². The van der Waals surface area contributed by atoms with Crippen molar-refractivity contribution in [2.24, 2.45) is 0 Å². The van der Waals surface area contributed by atoms with Gasteiger partial charge in [0.1, 0.15) is 5.82 Å². The molecule has 144 valence electrons. The van der Waals surface area contributed by atoms with E-state index in [0.29, 0.717) is 17.9 Å². The average molecular weight is 364 g/mol. The van der Waals surface area contributed by atoms with Gasteiger partial charge in [-0.05, 0) is 57.5 Å². The van der Waals surface area contributed by atoms with Crippen LogP contribution >= 0.6 is 0 Å². The van der Waals surface area contributed by atoms with E-state index < -0.39 is 0 Å². The summed E-state index contributed by atoms with van der Waals surface area (Å²) < 4.78 is 20.1. The molecule has 2 aliphatic rings. The number of carbonyl (C=O) groups excluding carboxylic acids is 1. The van der Waals surface area contributed by atoms with E-state index in [1.807, 2.05) is 0 Å². The highest BCUT2D eigenvalue weighted by molar-refractivity contribution is 5.89. The van der Waals surface area contributed by atoms with E-state index in [0.717, 1.165) is 58.5 Å². The number of rotatable bonds is 5. The number of hydrogen-bond donors (Lipinski definition) is 2. The van der Waals surface area contributed by atoms with Gasteiger partial charge in [0.15, 0.2) is 0 Å². The van der Waals surface area contributed by atoms with Crippen LogP contribution in [0.1, 0.15) is 25.7 Å². The summed E-state index contributed by atoms with van der Waals surface area (Å²) in [7, 11) is 2.09. The van der Waals surface area contributed by atoms with Gasteiger partial charge in [-0.25, -0.2) is 9.18 Å². The number of ether oxygens (including phenoxy) is 1. The van der Waals surface area contributed by atoms with Gasteiger partial charge in [-0.3, -0.25) is 0 Å². The molecule has 0 aliphatic carbocycles. The molecule has 0 aromatic heterocycles. The number of halogens is 1. The van der Waals surface area contributed by atoms with Crippen LogP contribution in [0, 0.1) is 5.82 Å². The lowest BCUT2D eigenvalue weighted by molar-refractivity contribution is 0.105. The summed E-state index contributed by atoms with van der Waals surface area (Å²) in [5.74, 6) is -0.299. The first kappa shape index (κ1) is 18.9. The van der Waals surface area contributed by atoms with Crippen LogP contribution in [0.5, 0.6) is 0 Å². The molecule has 2 N–H and O–H groups in total. The van der Waals surface area contributed by atoms with E-state index in [9.17, 15) is 9.18 Å². The second kappa shape index (κ2) is 9.19. The van der Waals surface area contributed by atoms with E-state index in [1.165, 1.54) is 6.07 Å². The maximum Gasteiger partial charge on any atom is 0.319 e. The van der Waals surface area contributed by atoms with Gasteiger partial charge in [0.05, 0.1) is 11.8 Å². The first-order valence-corrected chi connectivity index (χ1v) is 9.51. The van der Waals surface area contributed by atoms with Crippen LogP contribution in [-0.4, -0.2) is 63.4 Å². The third-order valence-corrected chi connectivity index (χ3v) is 5.04. The Morgan fingerprint density at radius 2 is 2.15 bits per heavy atom. The zero-order valence-electron chi connectivity index (χ0n) is 15.5. The van der Waals surface area contributed by atoms with E-state index in [-0.39, 0.29) is 18.0 Å². The molecule has 1 aromatic rings. The number of urea groups is 1. The fourth-order valence-electron chi connectivity index (χ4n) is 3.52. The Labute approximate surface area is 154 Å². The highest BCUT2D eigenvalue weighted by Gasteiger charge is 2.17. The summed E-state index contributed by atoms with van der Waals surface area (Å²) in [6.07, 6.45) is 4.23. The second-order valence-electron chi connectivity index (χ2n) is 7.11. The van der Waals surface area contributed by atoms with Gasteiger partial charge < -0.3 is 25.2 Å². The normalized spacial score (nSPS) is 21.5. The summed E-state index contributed by atoms with van der Waals surface area (Å²) in [5.41, 5.74) is 1.07. The van der Waals surface area contributed by atoms with E-state index in [4.69, 9.17) is 4.74 Å². The lowest BCUT2D eigenvalue weighted by Crippen LogP contribution is -2.31. The van der Waals surface area contributed by atoms with Crippen LogP contribution in [0.3, 0.4) is 0 Å². The Morgan fingerprint density at radius 3 is 2.92 bits per heavy atom. The minimum Gasteiger partial charge on any atom is -0.378 e. The molecule has 26 heavy (non-hydrogen) atoms. The molecule has 2 aliphatic heterocycles. The van der Waals surface area contributed by atoms with E-state index >= 15 is 0 Å². The highest BCUT2D eigenvalue weighted by Crippen LogP contribution is 2.24. The number of benzene rings is 1.